The van der Waals surface area contributed by atoms with Gasteiger partial charge >= 0.3 is 0 Å². The van der Waals surface area contributed by atoms with Crippen molar-refractivity contribution in [3.63, 3.8) is 0 Å². The third-order valence-electron chi connectivity index (χ3n) is 5.00. The van der Waals surface area contributed by atoms with E-state index in [1.807, 2.05) is 6.92 Å². The van der Waals surface area contributed by atoms with Crippen molar-refractivity contribution in [1.29, 1.82) is 0 Å². The Kier molecular flexibility index (Phi) is 6.21. The fourth-order valence-corrected chi connectivity index (χ4v) is 3.91. The van der Waals surface area contributed by atoms with Crippen molar-refractivity contribution in [2.75, 3.05) is 22.5 Å². The molecule has 0 bridgehead atoms. The van der Waals surface area contributed by atoms with E-state index in [9.17, 15) is 4.79 Å². The molecule has 10 nitrogen and oxygen atoms in total. The molecule has 3 aromatic heterocycles. The molecule has 4 aromatic rings. The number of nitrogens with two attached hydrogens (primary N) is 3. The van der Waals surface area contributed by atoms with E-state index < -0.39 is 6.04 Å². The number of nitrogens with one attached hydrogen (secondary N) is 1. The summed E-state index contributed by atoms with van der Waals surface area (Å²) in [5.74, 6) is 0.980. The fraction of sp³-hybridized carbons (Fsp3) is 0.190. The van der Waals surface area contributed by atoms with Crippen LogP contribution >= 0.6 is 23.2 Å². The number of pyridine rings is 1. The van der Waals surface area contributed by atoms with Gasteiger partial charge in [-0.1, -0.05) is 42.6 Å². The van der Waals surface area contributed by atoms with Gasteiger partial charge in [-0.25, -0.2) is 9.97 Å². The predicted molar refractivity (Wildman–Crippen MR) is 132 cm³/mol. The molecule has 12 heteroatoms. The van der Waals surface area contributed by atoms with Crippen LogP contribution in [0.15, 0.2) is 41.3 Å². The minimum absolute atomic E-state index is 0.0342. The molecule has 0 fully saturated rings. The van der Waals surface area contributed by atoms with E-state index in [0.717, 1.165) is 6.42 Å². The van der Waals surface area contributed by atoms with E-state index in [4.69, 9.17) is 45.4 Å². The largest absolute Gasteiger partial charge is 0.384 e. The Labute approximate surface area is 198 Å². The summed E-state index contributed by atoms with van der Waals surface area (Å²) in [5, 5.41) is 3.95. The third kappa shape index (κ3) is 4.35. The lowest BCUT2D eigenvalue weighted by Crippen LogP contribution is -2.29. The molecule has 0 aliphatic heterocycles. The van der Waals surface area contributed by atoms with Crippen LogP contribution in [0.3, 0.4) is 0 Å². The van der Waals surface area contributed by atoms with Gasteiger partial charge < -0.3 is 22.5 Å². The van der Waals surface area contributed by atoms with Gasteiger partial charge in [-0.15, -0.1) is 0 Å². The Morgan fingerprint density at radius 1 is 1.09 bits per heavy atom. The van der Waals surface area contributed by atoms with Crippen molar-refractivity contribution >= 4 is 57.5 Å². The van der Waals surface area contributed by atoms with Gasteiger partial charge in [-0.2, -0.15) is 9.97 Å². The standard InChI is InChI=1S/C21H21Cl2N9O/c1-2-4-13(28-18-16(23)17(25)30-21(26)31-18)19-29-12-6-3-5-11(22)15(12)20(33)32(19)10-7-8-14(24)27-9-10/h3,5-9,13H,2,4H2,1H3,(H2,24,27)(H5,25,26,28,30,31). The number of hydrogen-bond donors (Lipinski definition) is 4. The number of fused-ring (bicyclic) bond motifs is 1. The normalized spacial score (nSPS) is 12.1. The number of benzene rings is 1. The maximum atomic E-state index is 13.7. The number of nitrogens with zero attached hydrogens (tertiary/aromatic N) is 5. The van der Waals surface area contributed by atoms with E-state index in [1.54, 1.807) is 30.3 Å². The van der Waals surface area contributed by atoms with E-state index in [-0.39, 0.29) is 28.2 Å². The summed E-state index contributed by atoms with van der Waals surface area (Å²) in [6.07, 6.45) is 2.84. The number of hydrogen-bond acceptors (Lipinski definition) is 9. The topological polar surface area (TPSA) is 164 Å². The van der Waals surface area contributed by atoms with Crippen molar-refractivity contribution < 1.29 is 0 Å². The van der Waals surface area contributed by atoms with Gasteiger partial charge in [-0.3, -0.25) is 9.36 Å². The van der Waals surface area contributed by atoms with E-state index in [2.05, 4.69) is 20.3 Å². The summed E-state index contributed by atoms with van der Waals surface area (Å²) >= 11 is 12.7. The molecule has 0 spiro atoms. The molecule has 1 aromatic carbocycles. The SMILES string of the molecule is CCCC(Nc1nc(N)nc(N)c1Cl)c1nc2cccc(Cl)c2c(=O)n1-c1ccc(N)nc1. The second-order valence-corrected chi connectivity index (χ2v) is 8.09. The van der Waals surface area contributed by atoms with Crippen LogP contribution in [-0.2, 0) is 0 Å². The number of rotatable bonds is 6. The second kappa shape index (κ2) is 9.08. The molecule has 1 unspecified atom stereocenters. The highest BCUT2D eigenvalue weighted by Crippen LogP contribution is 2.31. The molecule has 4 rings (SSSR count). The lowest BCUT2D eigenvalue weighted by atomic mass is 10.1. The van der Waals surface area contributed by atoms with Gasteiger partial charge in [0.25, 0.3) is 5.56 Å². The Morgan fingerprint density at radius 2 is 1.88 bits per heavy atom. The number of aromatic nitrogens is 5. The first-order valence-corrected chi connectivity index (χ1v) is 10.8. The highest BCUT2D eigenvalue weighted by Gasteiger charge is 2.24. The average Bonchev–Trinajstić information content (AvgIpc) is 2.77. The molecule has 170 valence electrons. The summed E-state index contributed by atoms with van der Waals surface area (Å²) in [5.41, 5.74) is 18.0. The molecular weight excluding hydrogens is 465 g/mol. The second-order valence-electron chi connectivity index (χ2n) is 7.30. The summed E-state index contributed by atoms with van der Waals surface area (Å²) < 4.78 is 1.45. The lowest BCUT2D eigenvalue weighted by molar-refractivity contribution is 0.615. The monoisotopic (exact) mass is 485 g/mol. The zero-order valence-corrected chi connectivity index (χ0v) is 19.1. The van der Waals surface area contributed by atoms with Crippen LogP contribution in [0.25, 0.3) is 16.6 Å². The Balaban J connectivity index is 1.98. The maximum Gasteiger partial charge on any atom is 0.267 e. The first-order valence-electron chi connectivity index (χ1n) is 10.1. The molecule has 0 aliphatic rings. The van der Waals surface area contributed by atoms with Gasteiger partial charge in [0.05, 0.1) is 33.9 Å². The Hall–Kier alpha value is -3.63. The lowest BCUT2D eigenvalue weighted by Gasteiger charge is -2.23. The summed E-state index contributed by atoms with van der Waals surface area (Å²) in [7, 11) is 0. The van der Waals surface area contributed by atoms with E-state index in [0.29, 0.717) is 39.7 Å². The third-order valence-corrected chi connectivity index (χ3v) is 5.68. The number of halogens is 2. The Morgan fingerprint density at radius 3 is 2.58 bits per heavy atom. The van der Waals surface area contributed by atoms with Gasteiger partial charge in [0, 0.05) is 0 Å². The molecule has 0 aliphatic carbocycles. The molecular formula is C21H21Cl2N9O. The van der Waals surface area contributed by atoms with Crippen LogP contribution in [0.2, 0.25) is 10.0 Å². The van der Waals surface area contributed by atoms with Gasteiger partial charge in [0.15, 0.2) is 5.82 Å². The van der Waals surface area contributed by atoms with Gasteiger partial charge in [0.2, 0.25) is 5.95 Å². The van der Waals surface area contributed by atoms with Crippen LogP contribution in [-0.4, -0.2) is 24.5 Å². The average molecular weight is 486 g/mol. The van der Waals surface area contributed by atoms with Gasteiger partial charge in [0.1, 0.15) is 22.5 Å². The summed E-state index contributed by atoms with van der Waals surface area (Å²) in [6, 6.07) is 7.91. The van der Waals surface area contributed by atoms with Crippen LogP contribution < -0.4 is 28.1 Å². The van der Waals surface area contributed by atoms with Gasteiger partial charge in [-0.05, 0) is 30.7 Å². The summed E-state index contributed by atoms with van der Waals surface area (Å²) in [6.45, 7) is 2.00. The minimum Gasteiger partial charge on any atom is -0.384 e. The Bertz CT molecular complexity index is 1390. The predicted octanol–water partition coefficient (Wildman–Crippen LogP) is 3.58. The smallest absolute Gasteiger partial charge is 0.267 e. The first kappa shape index (κ1) is 22.6. The highest BCUT2D eigenvalue weighted by atomic mass is 35.5. The highest BCUT2D eigenvalue weighted by molar-refractivity contribution is 6.35. The zero-order chi connectivity index (χ0) is 23.7. The molecule has 0 radical (unpaired) electrons. The van der Waals surface area contributed by atoms with E-state index in [1.165, 1.54) is 10.8 Å². The molecule has 0 amide bonds. The van der Waals surface area contributed by atoms with Crippen molar-refractivity contribution in [2.45, 2.75) is 25.8 Å². The fourth-order valence-electron chi connectivity index (χ4n) is 3.52. The first-order chi connectivity index (χ1) is 15.8. The molecule has 0 saturated heterocycles. The van der Waals surface area contributed by atoms with E-state index >= 15 is 0 Å². The van der Waals surface area contributed by atoms with Crippen LogP contribution in [0.5, 0.6) is 0 Å². The van der Waals surface area contributed by atoms with Crippen LogP contribution in [0.4, 0.5) is 23.4 Å². The maximum absolute atomic E-state index is 13.7. The zero-order valence-electron chi connectivity index (χ0n) is 17.6. The van der Waals surface area contributed by atoms with Crippen molar-refractivity contribution in [3.05, 3.63) is 62.8 Å². The molecule has 1 atom stereocenters. The number of nitrogen functional groups attached to an aromatic ring is 3. The molecule has 0 saturated carbocycles. The van der Waals surface area contributed by atoms with Crippen molar-refractivity contribution in [3.8, 4) is 5.69 Å². The van der Waals surface area contributed by atoms with Crippen LogP contribution in [0.1, 0.15) is 31.6 Å². The minimum atomic E-state index is -0.491. The van der Waals surface area contributed by atoms with Crippen LogP contribution in [0, 0.1) is 0 Å². The molecule has 7 N–H and O–H groups in total. The quantitative estimate of drug-likeness (QED) is 0.319. The molecule has 33 heavy (non-hydrogen) atoms. The van der Waals surface area contributed by atoms with Crippen molar-refractivity contribution in [2.24, 2.45) is 0 Å². The van der Waals surface area contributed by atoms with Crippen molar-refractivity contribution in [1.82, 2.24) is 24.5 Å². The summed E-state index contributed by atoms with van der Waals surface area (Å²) in [4.78, 5) is 30.6. The molecule has 3 heterocycles. The number of anilines is 4.